The second-order valence-corrected chi connectivity index (χ2v) is 6.51. The van der Waals surface area contributed by atoms with E-state index in [1.807, 2.05) is 12.3 Å². The first-order chi connectivity index (χ1) is 11.9. The SMILES string of the molecule is c1ccc(CN2CCN(Cc3cccc4ccccc34)CC2)nc1. The van der Waals surface area contributed by atoms with Gasteiger partial charge in [-0.2, -0.15) is 0 Å². The number of rotatable bonds is 4. The Morgan fingerprint density at radius 2 is 1.42 bits per heavy atom. The van der Waals surface area contributed by atoms with Crippen molar-refractivity contribution in [3.8, 4) is 0 Å². The normalized spacial score (nSPS) is 16.5. The van der Waals surface area contributed by atoms with Crippen LogP contribution in [0.2, 0.25) is 0 Å². The van der Waals surface area contributed by atoms with E-state index < -0.39 is 0 Å². The average Bonchev–Trinajstić information content (AvgIpc) is 2.65. The molecule has 4 rings (SSSR count). The van der Waals surface area contributed by atoms with Crippen LogP contribution in [-0.2, 0) is 13.1 Å². The summed E-state index contributed by atoms with van der Waals surface area (Å²) in [6.07, 6.45) is 1.88. The molecule has 0 unspecified atom stereocenters. The Morgan fingerprint density at radius 1 is 0.708 bits per heavy atom. The second-order valence-electron chi connectivity index (χ2n) is 6.51. The molecule has 0 aliphatic carbocycles. The lowest BCUT2D eigenvalue weighted by molar-refractivity contribution is 0.121. The Bertz CT molecular complexity index is 787. The van der Waals surface area contributed by atoms with Gasteiger partial charge in [-0.1, -0.05) is 48.5 Å². The summed E-state index contributed by atoms with van der Waals surface area (Å²) in [5.74, 6) is 0. The van der Waals surface area contributed by atoms with Gasteiger partial charge in [-0.25, -0.2) is 0 Å². The minimum Gasteiger partial charge on any atom is -0.297 e. The molecule has 2 aromatic carbocycles. The van der Waals surface area contributed by atoms with Gasteiger partial charge < -0.3 is 0 Å². The van der Waals surface area contributed by atoms with Crippen molar-refractivity contribution < 1.29 is 0 Å². The number of piperazine rings is 1. The molecule has 3 nitrogen and oxygen atoms in total. The maximum Gasteiger partial charge on any atom is 0.0543 e. The van der Waals surface area contributed by atoms with E-state index in [1.54, 1.807) is 0 Å². The van der Waals surface area contributed by atoms with E-state index in [0.717, 1.165) is 39.3 Å². The Hall–Kier alpha value is -2.23. The van der Waals surface area contributed by atoms with Crippen LogP contribution in [0, 0.1) is 0 Å². The first-order valence-electron chi connectivity index (χ1n) is 8.70. The number of nitrogens with zero attached hydrogens (tertiary/aromatic N) is 3. The van der Waals surface area contributed by atoms with Gasteiger partial charge in [-0.15, -0.1) is 0 Å². The molecule has 3 heteroatoms. The van der Waals surface area contributed by atoms with Gasteiger partial charge in [-0.05, 0) is 28.5 Å². The van der Waals surface area contributed by atoms with Gasteiger partial charge in [0.25, 0.3) is 0 Å². The predicted octanol–water partition coefficient (Wildman–Crippen LogP) is 3.55. The Labute approximate surface area is 143 Å². The Morgan fingerprint density at radius 3 is 2.21 bits per heavy atom. The van der Waals surface area contributed by atoms with Crippen LogP contribution in [0.3, 0.4) is 0 Å². The fraction of sp³-hybridized carbons (Fsp3) is 0.286. The zero-order valence-corrected chi connectivity index (χ0v) is 13.9. The number of benzene rings is 2. The topological polar surface area (TPSA) is 19.4 Å². The van der Waals surface area contributed by atoms with Crippen molar-refractivity contribution in [2.45, 2.75) is 13.1 Å². The number of aromatic nitrogens is 1. The quantitative estimate of drug-likeness (QED) is 0.733. The standard InChI is InChI=1S/C21H23N3/c1-2-10-21-18(6-1)7-5-8-19(21)16-23-12-14-24(15-13-23)17-20-9-3-4-11-22-20/h1-11H,12-17H2. The van der Waals surface area contributed by atoms with Crippen LogP contribution < -0.4 is 0 Å². The molecule has 0 bridgehead atoms. The maximum atomic E-state index is 4.44. The molecule has 2 heterocycles. The molecule has 3 aromatic rings. The van der Waals surface area contributed by atoms with Gasteiger partial charge in [0, 0.05) is 45.5 Å². The molecule has 1 aliphatic heterocycles. The molecular weight excluding hydrogens is 294 g/mol. The van der Waals surface area contributed by atoms with Crippen molar-refractivity contribution in [1.29, 1.82) is 0 Å². The van der Waals surface area contributed by atoms with E-state index in [2.05, 4.69) is 69.4 Å². The van der Waals surface area contributed by atoms with Crippen LogP contribution in [0.15, 0.2) is 66.9 Å². The highest BCUT2D eigenvalue weighted by molar-refractivity contribution is 5.85. The van der Waals surface area contributed by atoms with Gasteiger partial charge >= 0.3 is 0 Å². The summed E-state index contributed by atoms with van der Waals surface area (Å²) in [6.45, 7) is 6.47. The van der Waals surface area contributed by atoms with Crippen LogP contribution in [0.4, 0.5) is 0 Å². The third-order valence-electron chi connectivity index (χ3n) is 4.85. The first kappa shape index (κ1) is 15.3. The lowest BCUT2D eigenvalue weighted by Gasteiger charge is -2.34. The van der Waals surface area contributed by atoms with E-state index in [4.69, 9.17) is 0 Å². The third kappa shape index (κ3) is 3.48. The number of pyridine rings is 1. The summed E-state index contributed by atoms with van der Waals surface area (Å²) < 4.78 is 0. The highest BCUT2D eigenvalue weighted by Gasteiger charge is 2.17. The zero-order chi connectivity index (χ0) is 16.2. The molecule has 0 radical (unpaired) electrons. The van der Waals surface area contributed by atoms with Crippen molar-refractivity contribution in [3.05, 3.63) is 78.1 Å². The van der Waals surface area contributed by atoms with E-state index >= 15 is 0 Å². The molecule has 1 saturated heterocycles. The summed E-state index contributed by atoms with van der Waals surface area (Å²) in [5.41, 5.74) is 2.60. The second kappa shape index (κ2) is 7.12. The van der Waals surface area contributed by atoms with Crippen LogP contribution in [0.1, 0.15) is 11.3 Å². The minimum absolute atomic E-state index is 0.961. The van der Waals surface area contributed by atoms with Gasteiger partial charge in [0.15, 0.2) is 0 Å². The van der Waals surface area contributed by atoms with Crippen molar-refractivity contribution >= 4 is 10.8 Å². The van der Waals surface area contributed by atoms with Crippen molar-refractivity contribution in [2.24, 2.45) is 0 Å². The molecule has 122 valence electrons. The first-order valence-corrected chi connectivity index (χ1v) is 8.70. The summed E-state index contributed by atoms with van der Waals surface area (Å²) in [7, 11) is 0. The van der Waals surface area contributed by atoms with Gasteiger partial charge in [0.2, 0.25) is 0 Å². The van der Waals surface area contributed by atoms with E-state index in [9.17, 15) is 0 Å². The van der Waals surface area contributed by atoms with Crippen molar-refractivity contribution in [2.75, 3.05) is 26.2 Å². The van der Waals surface area contributed by atoms with E-state index in [1.165, 1.54) is 22.0 Å². The van der Waals surface area contributed by atoms with Crippen LogP contribution >= 0.6 is 0 Å². The monoisotopic (exact) mass is 317 g/mol. The average molecular weight is 317 g/mol. The molecule has 0 amide bonds. The molecule has 24 heavy (non-hydrogen) atoms. The van der Waals surface area contributed by atoms with Crippen molar-refractivity contribution in [1.82, 2.24) is 14.8 Å². The predicted molar refractivity (Wildman–Crippen MR) is 98.7 cm³/mol. The fourth-order valence-corrected chi connectivity index (χ4v) is 3.50. The summed E-state index contributed by atoms with van der Waals surface area (Å²) in [4.78, 5) is 9.51. The Kier molecular flexibility index (Phi) is 4.54. The van der Waals surface area contributed by atoms with Crippen molar-refractivity contribution in [3.63, 3.8) is 0 Å². The third-order valence-corrected chi connectivity index (χ3v) is 4.85. The molecule has 1 aromatic heterocycles. The Balaban J connectivity index is 1.38. The van der Waals surface area contributed by atoms with Crippen LogP contribution in [-0.4, -0.2) is 41.0 Å². The molecule has 0 N–H and O–H groups in total. The van der Waals surface area contributed by atoms with Crippen LogP contribution in [0.5, 0.6) is 0 Å². The molecule has 1 fully saturated rings. The maximum absolute atomic E-state index is 4.44. The summed E-state index contributed by atoms with van der Waals surface area (Å²) in [5, 5.41) is 2.72. The van der Waals surface area contributed by atoms with Gasteiger partial charge in [-0.3, -0.25) is 14.8 Å². The molecule has 1 aliphatic rings. The molecule has 0 spiro atoms. The van der Waals surface area contributed by atoms with E-state index in [-0.39, 0.29) is 0 Å². The van der Waals surface area contributed by atoms with Gasteiger partial charge in [0.05, 0.1) is 5.69 Å². The lowest BCUT2D eigenvalue weighted by Crippen LogP contribution is -2.45. The summed E-state index contributed by atoms with van der Waals surface area (Å²) in [6, 6.07) is 21.5. The van der Waals surface area contributed by atoms with E-state index in [0.29, 0.717) is 0 Å². The lowest BCUT2D eigenvalue weighted by atomic mass is 10.0. The zero-order valence-electron chi connectivity index (χ0n) is 13.9. The fourth-order valence-electron chi connectivity index (χ4n) is 3.50. The number of fused-ring (bicyclic) bond motifs is 1. The van der Waals surface area contributed by atoms with Crippen LogP contribution in [0.25, 0.3) is 10.8 Å². The smallest absolute Gasteiger partial charge is 0.0543 e. The molecule has 0 saturated carbocycles. The molecular formula is C21H23N3. The number of hydrogen-bond acceptors (Lipinski definition) is 3. The highest BCUT2D eigenvalue weighted by atomic mass is 15.3. The largest absolute Gasteiger partial charge is 0.297 e. The number of hydrogen-bond donors (Lipinski definition) is 0. The molecule has 0 atom stereocenters. The van der Waals surface area contributed by atoms with Gasteiger partial charge in [0.1, 0.15) is 0 Å². The highest BCUT2D eigenvalue weighted by Crippen LogP contribution is 2.20. The minimum atomic E-state index is 0.961. The summed E-state index contributed by atoms with van der Waals surface area (Å²) >= 11 is 0.